The number of amides is 1. The van der Waals surface area contributed by atoms with E-state index >= 15 is 0 Å². The van der Waals surface area contributed by atoms with Gasteiger partial charge in [-0.3, -0.25) is 9.69 Å². The van der Waals surface area contributed by atoms with Crippen molar-refractivity contribution in [3.05, 3.63) is 23.8 Å². The molecule has 17 heavy (non-hydrogen) atoms. The van der Waals surface area contributed by atoms with Crippen LogP contribution in [0.3, 0.4) is 0 Å². The minimum atomic E-state index is -0.877. The number of phenols is 1. The van der Waals surface area contributed by atoms with Crippen molar-refractivity contribution in [2.75, 3.05) is 4.90 Å². The van der Waals surface area contributed by atoms with Crippen LogP contribution >= 0.6 is 0 Å². The Kier molecular flexibility index (Phi) is 1.79. The maximum Gasteiger partial charge on any atom is 0.342 e. The summed E-state index contributed by atoms with van der Waals surface area (Å²) in [7, 11) is 0. The number of ether oxygens (including phenoxy) is 1. The fourth-order valence-electron chi connectivity index (χ4n) is 2.45. The molecule has 0 spiro atoms. The maximum absolute atomic E-state index is 11.8. The molecule has 2 heterocycles. The van der Waals surface area contributed by atoms with Crippen molar-refractivity contribution in [2.24, 2.45) is 0 Å². The first-order valence-electron chi connectivity index (χ1n) is 5.41. The van der Waals surface area contributed by atoms with Crippen LogP contribution in [0.5, 0.6) is 5.75 Å². The van der Waals surface area contributed by atoms with E-state index in [1.165, 1.54) is 17.0 Å². The average Bonchev–Trinajstić information content (AvgIpc) is 2.56. The quantitative estimate of drug-likeness (QED) is 0.688. The number of esters is 1. The van der Waals surface area contributed by atoms with Crippen molar-refractivity contribution >= 4 is 17.6 Å². The summed E-state index contributed by atoms with van der Waals surface area (Å²) in [6.45, 7) is 1.73. The molecule has 1 aromatic rings. The van der Waals surface area contributed by atoms with Gasteiger partial charge < -0.3 is 9.84 Å². The number of fused-ring (bicyclic) bond motifs is 3. The molecule has 0 saturated carbocycles. The van der Waals surface area contributed by atoms with Crippen molar-refractivity contribution in [2.45, 2.75) is 25.5 Å². The fraction of sp³-hybridized carbons (Fsp3) is 0.333. The Bertz CT molecular complexity index is 539. The molecular formula is C12H11NO4. The van der Waals surface area contributed by atoms with Crippen molar-refractivity contribution < 1.29 is 19.4 Å². The third kappa shape index (κ3) is 1.25. The standard InChI is InChI=1S/C12H11NO4/c1-12-5-4-10(15)13(12)9-3-2-7(14)6-8(9)11(16)17-12/h2-3,6,14H,4-5H2,1H3. The Morgan fingerprint density at radius 2 is 2.18 bits per heavy atom. The lowest BCUT2D eigenvalue weighted by atomic mass is 10.1. The van der Waals surface area contributed by atoms with Crippen LogP contribution in [0.2, 0.25) is 0 Å². The van der Waals surface area contributed by atoms with Crippen LogP contribution in [0, 0.1) is 0 Å². The van der Waals surface area contributed by atoms with Crippen LogP contribution in [-0.2, 0) is 9.53 Å². The molecular weight excluding hydrogens is 222 g/mol. The van der Waals surface area contributed by atoms with E-state index in [-0.39, 0.29) is 17.2 Å². The molecule has 0 aliphatic carbocycles. The predicted octanol–water partition coefficient (Wildman–Crippen LogP) is 1.41. The van der Waals surface area contributed by atoms with Gasteiger partial charge in [0, 0.05) is 12.8 Å². The second kappa shape index (κ2) is 3.00. The highest BCUT2D eigenvalue weighted by atomic mass is 16.6. The summed E-state index contributed by atoms with van der Waals surface area (Å²) in [5, 5.41) is 9.37. The largest absolute Gasteiger partial charge is 0.508 e. The molecule has 0 radical (unpaired) electrons. The number of carbonyl (C=O) groups is 2. The zero-order valence-electron chi connectivity index (χ0n) is 9.27. The predicted molar refractivity (Wildman–Crippen MR) is 58.6 cm³/mol. The molecule has 88 valence electrons. The molecule has 3 rings (SSSR count). The van der Waals surface area contributed by atoms with E-state index in [2.05, 4.69) is 0 Å². The number of anilines is 1. The van der Waals surface area contributed by atoms with Crippen molar-refractivity contribution in [3.8, 4) is 5.75 Å². The van der Waals surface area contributed by atoms with E-state index in [9.17, 15) is 14.7 Å². The number of rotatable bonds is 0. The number of hydrogen-bond donors (Lipinski definition) is 1. The molecule has 1 unspecified atom stereocenters. The lowest BCUT2D eigenvalue weighted by Crippen LogP contribution is -2.50. The van der Waals surface area contributed by atoms with Gasteiger partial charge in [-0.15, -0.1) is 0 Å². The van der Waals surface area contributed by atoms with E-state index in [4.69, 9.17) is 4.74 Å². The van der Waals surface area contributed by atoms with E-state index in [1.54, 1.807) is 13.0 Å². The molecule has 1 saturated heterocycles. The van der Waals surface area contributed by atoms with Crippen LogP contribution in [-0.4, -0.2) is 22.7 Å². The number of nitrogens with zero attached hydrogens (tertiary/aromatic N) is 1. The van der Waals surface area contributed by atoms with E-state index in [1.807, 2.05) is 0 Å². The van der Waals surface area contributed by atoms with E-state index in [0.29, 0.717) is 18.5 Å². The number of phenolic OH excluding ortho intramolecular Hbond substituents is 1. The number of hydrogen-bond acceptors (Lipinski definition) is 4. The molecule has 5 nitrogen and oxygen atoms in total. The zero-order chi connectivity index (χ0) is 12.2. The first-order valence-corrected chi connectivity index (χ1v) is 5.41. The molecule has 1 N–H and O–H groups in total. The summed E-state index contributed by atoms with van der Waals surface area (Å²) in [5.74, 6) is -0.577. The normalized spacial score (nSPS) is 26.5. The van der Waals surface area contributed by atoms with Gasteiger partial charge in [-0.1, -0.05) is 0 Å². The fourth-order valence-corrected chi connectivity index (χ4v) is 2.45. The number of carbonyl (C=O) groups excluding carboxylic acids is 2. The second-order valence-corrected chi connectivity index (χ2v) is 4.50. The SMILES string of the molecule is CC12CCC(=O)N1c1ccc(O)cc1C(=O)O2. The summed E-state index contributed by atoms with van der Waals surface area (Å²) in [6, 6.07) is 4.36. The zero-order valence-corrected chi connectivity index (χ0v) is 9.27. The van der Waals surface area contributed by atoms with Gasteiger partial charge in [-0.25, -0.2) is 4.79 Å². The minimum absolute atomic E-state index is 0.0176. The second-order valence-electron chi connectivity index (χ2n) is 4.50. The summed E-state index contributed by atoms with van der Waals surface area (Å²) < 4.78 is 5.30. The first kappa shape index (κ1) is 10.1. The molecule has 1 atom stereocenters. The van der Waals surface area contributed by atoms with Crippen LogP contribution in [0.25, 0.3) is 0 Å². The van der Waals surface area contributed by atoms with Crippen LogP contribution in [0.4, 0.5) is 5.69 Å². The molecule has 1 amide bonds. The third-order valence-corrected chi connectivity index (χ3v) is 3.28. The topological polar surface area (TPSA) is 66.8 Å². The molecule has 5 heteroatoms. The van der Waals surface area contributed by atoms with Crippen LogP contribution in [0.1, 0.15) is 30.1 Å². The van der Waals surface area contributed by atoms with Gasteiger partial charge in [0.2, 0.25) is 5.91 Å². The monoisotopic (exact) mass is 233 g/mol. The first-order chi connectivity index (χ1) is 8.01. The lowest BCUT2D eigenvalue weighted by molar-refractivity contribution is -0.118. The van der Waals surface area contributed by atoms with Gasteiger partial charge in [0.25, 0.3) is 0 Å². The Hall–Kier alpha value is -2.04. The van der Waals surface area contributed by atoms with Gasteiger partial charge in [0.1, 0.15) is 5.75 Å². The summed E-state index contributed by atoms with van der Waals surface area (Å²) >= 11 is 0. The van der Waals surface area contributed by atoms with Crippen LogP contribution < -0.4 is 4.90 Å². The summed E-state index contributed by atoms with van der Waals surface area (Å²) in [4.78, 5) is 25.2. The van der Waals surface area contributed by atoms with Crippen LogP contribution in [0.15, 0.2) is 18.2 Å². The Morgan fingerprint density at radius 1 is 1.41 bits per heavy atom. The summed E-state index contributed by atoms with van der Waals surface area (Å²) in [6.07, 6.45) is 0.863. The summed E-state index contributed by atoms with van der Waals surface area (Å²) in [5.41, 5.74) is -0.125. The van der Waals surface area contributed by atoms with Gasteiger partial charge in [0.05, 0.1) is 11.3 Å². The Labute approximate surface area is 97.6 Å². The number of benzene rings is 1. The molecule has 1 aromatic carbocycles. The van der Waals surface area contributed by atoms with Crippen molar-refractivity contribution in [3.63, 3.8) is 0 Å². The molecule has 0 bridgehead atoms. The smallest absolute Gasteiger partial charge is 0.342 e. The minimum Gasteiger partial charge on any atom is -0.508 e. The third-order valence-electron chi connectivity index (χ3n) is 3.28. The lowest BCUT2D eigenvalue weighted by Gasteiger charge is -2.39. The van der Waals surface area contributed by atoms with Crippen molar-refractivity contribution in [1.82, 2.24) is 0 Å². The Balaban J connectivity index is 2.22. The highest BCUT2D eigenvalue weighted by Crippen LogP contribution is 2.42. The molecule has 0 aromatic heterocycles. The average molecular weight is 233 g/mol. The van der Waals surface area contributed by atoms with E-state index < -0.39 is 11.7 Å². The molecule has 1 fully saturated rings. The highest BCUT2D eigenvalue weighted by molar-refractivity contribution is 6.07. The highest BCUT2D eigenvalue weighted by Gasteiger charge is 2.50. The van der Waals surface area contributed by atoms with Gasteiger partial charge >= 0.3 is 5.97 Å². The van der Waals surface area contributed by atoms with Crippen molar-refractivity contribution in [1.29, 1.82) is 0 Å². The molecule has 2 aliphatic rings. The maximum atomic E-state index is 11.8. The van der Waals surface area contributed by atoms with E-state index in [0.717, 1.165) is 0 Å². The molecule has 2 aliphatic heterocycles. The Morgan fingerprint density at radius 3 is 2.94 bits per heavy atom. The number of aromatic hydroxyl groups is 1. The van der Waals surface area contributed by atoms with Gasteiger partial charge in [0.15, 0.2) is 5.72 Å². The van der Waals surface area contributed by atoms with Gasteiger partial charge in [-0.2, -0.15) is 0 Å². The van der Waals surface area contributed by atoms with Gasteiger partial charge in [-0.05, 0) is 25.1 Å².